The molecular formula is C19H29N3O2. The highest BCUT2D eigenvalue weighted by Gasteiger charge is 2.20. The summed E-state index contributed by atoms with van der Waals surface area (Å²) in [7, 11) is 0. The molecule has 0 radical (unpaired) electrons. The van der Waals surface area contributed by atoms with E-state index in [9.17, 15) is 4.79 Å². The van der Waals surface area contributed by atoms with E-state index in [0.717, 1.165) is 50.5 Å². The molecular weight excluding hydrogens is 302 g/mol. The molecule has 0 aliphatic carbocycles. The minimum atomic E-state index is 0.131. The number of nitrogens with zero attached hydrogens (tertiary/aromatic N) is 1. The second-order valence-corrected chi connectivity index (χ2v) is 6.79. The second kappa shape index (κ2) is 9.04. The van der Waals surface area contributed by atoms with Gasteiger partial charge in [-0.05, 0) is 76.1 Å². The fourth-order valence-electron chi connectivity index (χ4n) is 3.44. The second-order valence-electron chi connectivity index (χ2n) is 6.79. The topological polar surface area (TPSA) is 53.6 Å². The molecule has 0 aromatic heterocycles. The summed E-state index contributed by atoms with van der Waals surface area (Å²) in [5.74, 6) is 1.13. The van der Waals surface area contributed by atoms with Crippen LogP contribution in [0.2, 0.25) is 0 Å². The molecule has 24 heavy (non-hydrogen) atoms. The van der Waals surface area contributed by atoms with Crippen LogP contribution in [0.4, 0.5) is 5.69 Å². The van der Waals surface area contributed by atoms with E-state index in [1.165, 1.54) is 32.4 Å². The maximum absolute atomic E-state index is 12.2. The number of piperidine rings is 2. The first kappa shape index (κ1) is 17.2. The third-order valence-electron chi connectivity index (χ3n) is 4.96. The summed E-state index contributed by atoms with van der Waals surface area (Å²) in [5.41, 5.74) is 0.849. The van der Waals surface area contributed by atoms with E-state index in [-0.39, 0.29) is 11.8 Å². The lowest BCUT2D eigenvalue weighted by Crippen LogP contribution is -2.34. The lowest BCUT2D eigenvalue weighted by atomic mass is 9.97. The first-order chi connectivity index (χ1) is 11.8. The molecule has 0 saturated carbocycles. The van der Waals surface area contributed by atoms with Gasteiger partial charge >= 0.3 is 0 Å². The van der Waals surface area contributed by atoms with Crippen molar-refractivity contribution in [1.29, 1.82) is 0 Å². The molecule has 2 aliphatic heterocycles. The summed E-state index contributed by atoms with van der Waals surface area (Å²) >= 11 is 0. The predicted octanol–water partition coefficient (Wildman–Crippen LogP) is 2.49. The Balaban J connectivity index is 1.40. The number of nitrogens with one attached hydrogen (secondary N) is 2. The zero-order chi connectivity index (χ0) is 16.6. The van der Waals surface area contributed by atoms with Crippen molar-refractivity contribution >= 4 is 11.6 Å². The Kier molecular flexibility index (Phi) is 6.49. The van der Waals surface area contributed by atoms with E-state index in [1.807, 2.05) is 24.3 Å². The van der Waals surface area contributed by atoms with Gasteiger partial charge in [-0.1, -0.05) is 6.42 Å². The fourth-order valence-corrected chi connectivity index (χ4v) is 3.44. The number of rotatable bonds is 6. The van der Waals surface area contributed by atoms with E-state index in [0.29, 0.717) is 0 Å². The van der Waals surface area contributed by atoms with E-state index in [1.54, 1.807) is 0 Å². The van der Waals surface area contributed by atoms with Crippen LogP contribution in [0.15, 0.2) is 24.3 Å². The first-order valence-corrected chi connectivity index (χ1v) is 9.28. The molecule has 0 unspecified atom stereocenters. The Morgan fingerprint density at radius 3 is 2.54 bits per heavy atom. The largest absolute Gasteiger partial charge is 0.492 e. The highest BCUT2D eigenvalue weighted by Crippen LogP contribution is 2.19. The average Bonchev–Trinajstić information content (AvgIpc) is 2.65. The minimum Gasteiger partial charge on any atom is -0.492 e. The van der Waals surface area contributed by atoms with Gasteiger partial charge in [0.1, 0.15) is 12.4 Å². The number of amides is 1. The van der Waals surface area contributed by atoms with Crippen molar-refractivity contribution in [1.82, 2.24) is 10.2 Å². The van der Waals surface area contributed by atoms with Gasteiger partial charge < -0.3 is 15.4 Å². The summed E-state index contributed by atoms with van der Waals surface area (Å²) in [6.07, 6.45) is 5.83. The number of carbonyl (C=O) groups excluding carboxylic acids is 1. The normalized spacial score (nSPS) is 19.8. The molecule has 0 bridgehead atoms. The van der Waals surface area contributed by atoms with Crippen molar-refractivity contribution in [3.63, 3.8) is 0 Å². The Morgan fingerprint density at radius 2 is 1.83 bits per heavy atom. The molecule has 2 N–H and O–H groups in total. The van der Waals surface area contributed by atoms with Gasteiger partial charge in [-0.15, -0.1) is 0 Å². The fraction of sp³-hybridized carbons (Fsp3) is 0.632. The lowest BCUT2D eigenvalue weighted by Gasteiger charge is -2.26. The van der Waals surface area contributed by atoms with E-state index in [2.05, 4.69) is 15.5 Å². The van der Waals surface area contributed by atoms with Crippen LogP contribution in [-0.4, -0.2) is 50.1 Å². The molecule has 2 heterocycles. The Morgan fingerprint density at radius 1 is 1.12 bits per heavy atom. The third kappa shape index (κ3) is 5.21. The van der Waals surface area contributed by atoms with Gasteiger partial charge in [0.2, 0.25) is 5.91 Å². The Labute approximate surface area is 144 Å². The smallest absolute Gasteiger partial charge is 0.227 e. The quantitative estimate of drug-likeness (QED) is 0.841. The van der Waals surface area contributed by atoms with Gasteiger partial charge in [0.15, 0.2) is 0 Å². The van der Waals surface area contributed by atoms with Gasteiger partial charge in [0.25, 0.3) is 0 Å². The summed E-state index contributed by atoms with van der Waals surface area (Å²) in [6.45, 7) is 5.98. The van der Waals surface area contributed by atoms with Gasteiger partial charge in [-0.25, -0.2) is 0 Å². The highest BCUT2D eigenvalue weighted by molar-refractivity contribution is 5.92. The first-order valence-electron chi connectivity index (χ1n) is 9.28. The molecule has 1 amide bonds. The molecule has 2 saturated heterocycles. The Bertz CT molecular complexity index is 506. The van der Waals surface area contributed by atoms with Crippen LogP contribution in [0.25, 0.3) is 0 Å². The van der Waals surface area contributed by atoms with Gasteiger partial charge in [-0.2, -0.15) is 0 Å². The summed E-state index contributed by atoms with van der Waals surface area (Å²) < 4.78 is 5.82. The van der Waals surface area contributed by atoms with Crippen LogP contribution in [-0.2, 0) is 4.79 Å². The summed E-state index contributed by atoms with van der Waals surface area (Å²) in [5, 5.41) is 6.30. The van der Waals surface area contributed by atoms with Crippen molar-refractivity contribution in [2.24, 2.45) is 5.92 Å². The molecule has 5 heteroatoms. The molecule has 2 fully saturated rings. The number of benzene rings is 1. The van der Waals surface area contributed by atoms with E-state index in [4.69, 9.17) is 4.74 Å². The molecule has 3 rings (SSSR count). The van der Waals surface area contributed by atoms with Crippen LogP contribution in [0.5, 0.6) is 5.75 Å². The molecule has 132 valence electrons. The van der Waals surface area contributed by atoms with Crippen molar-refractivity contribution in [3.05, 3.63) is 24.3 Å². The highest BCUT2D eigenvalue weighted by atomic mass is 16.5. The number of hydrogen-bond donors (Lipinski definition) is 2. The lowest BCUT2D eigenvalue weighted by molar-refractivity contribution is -0.120. The van der Waals surface area contributed by atoms with Crippen LogP contribution in [0, 0.1) is 5.92 Å². The standard InChI is InChI=1S/C19H29N3O2/c23-19(16-8-10-20-11-9-16)21-17-4-6-18(7-5-17)24-15-14-22-12-2-1-3-13-22/h4-7,16,20H,1-3,8-15H2,(H,21,23). The molecule has 1 aromatic carbocycles. The predicted molar refractivity (Wildman–Crippen MR) is 96.5 cm³/mol. The average molecular weight is 331 g/mol. The molecule has 0 atom stereocenters. The van der Waals surface area contributed by atoms with E-state index < -0.39 is 0 Å². The van der Waals surface area contributed by atoms with Crippen molar-refractivity contribution in [3.8, 4) is 5.75 Å². The minimum absolute atomic E-state index is 0.131. The zero-order valence-corrected chi connectivity index (χ0v) is 14.4. The summed E-state index contributed by atoms with van der Waals surface area (Å²) in [6, 6.07) is 7.73. The van der Waals surface area contributed by atoms with Crippen LogP contribution < -0.4 is 15.4 Å². The van der Waals surface area contributed by atoms with Crippen molar-refractivity contribution in [2.45, 2.75) is 32.1 Å². The maximum Gasteiger partial charge on any atom is 0.227 e. The van der Waals surface area contributed by atoms with Crippen LogP contribution in [0.3, 0.4) is 0 Å². The molecule has 1 aromatic rings. The molecule has 0 spiro atoms. The summed E-state index contributed by atoms with van der Waals surface area (Å²) in [4.78, 5) is 14.7. The molecule has 5 nitrogen and oxygen atoms in total. The number of ether oxygens (including phenoxy) is 1. The SMILES string of the molecule is O=C(Nc1ccc(OCCN2CCCCC2)cc1)C1CCNCC1. The van der Waals surface area contributed by atoms with Gasteiger partial charge in [0, 0.05) is 18.2 Å². The number of likely N-dealkylation sites (tertiary alicyclic amines) is 1. The van der Waals surface area contributed by atoms with Gasteiger partial charge in [-0.3, -0.25) is 9.69 Å². The number of carbonyl (C=O) groups is 1. The van der Waals surface area contributed by atoms with Crippen molar-refractivity contribution in [2.75, 3.05) is 44.6 Å². The van der Waals surface area contributed by atoms with E-state index >= 15 is 0 Å². The zero-order valence-electron chi connectivity index (χ0n) is 14.4. The Hall–Kier alpha value is -1.59. The monoisotopic (exact) mass is 331 g/mol. The number of hydrogen-bond acceptors (Lipinski definition) is 4. The van der Waals surface area contributed by atoms with Crippen LogP contribution >= 0.6 is 0 Å². The maximum atomic E-state index is 12.2. The number of anilines is 1. The van der Waals surface area contributed by atoms with Gasteiger partial charge in [0.05, 0.1) is 0 Å². The van der Waals surface area contributed by atoms with Crippen LogP contribution in [0.1, 0.15) is 32.1 Å². The third-order valence-corrected chi connectivity index (χ3v) is 4.96. The van der Waals surface area contributed by atoms with Crippen molar-refractivity contribution < 1.29 is 9.53 Å². The molecule has 2 aliphatic rings.